The van der Waals surface area contributed by atoms with Crippen molar-refractivity contribution in [3.8, 4) is 0 Å². The van der Waals surface area contributed by atoms with Gasteiger partial charge in [0.1, 0.15) is 0 Å². The molecule has 0 saturated heterocycles. The summed E-state index contributed by atoms with van der Waals surface area (Å²) < 4.78 is 6.29. The molecule has 0 spiro atoms. The zero-order valence-electron chi connectivity index (χ0n) is 10.9. The standard InChI is InChI=1S/C13H14N2O4S/c1-19-12(18)8-3-4-9-10(7-8)14-13(20)15(11(9)17)5-2-6-16/h3-4,7,16H,2,5-6H2,1H3,(H,14,20). The Labute approximate surface area is 119 Å². The molecule has 0 fully saturated rings. The highest BCUT2D eigenvalue weighted by atomic mass is 32.1. The molecule has 106 valence electrons. The lowest BCUT2D eigenvalue weighted by Crippen LogP contribution is -2.23. The van der Waals surface area contributed by atoms with Gasteiger partial charge in [-0.05, 0) is 36.8 Å². The van der Waals surface area contributed by atoms with E-state index < -0.39 is 5.97 Å². The zero-order chi connectivity index (χ0) is 14.7. The number of esters is 1. The lowest BCUT2D eigenvalue weighted by molar-refractivity contribution is 0.0601. The van der Waals surface area contributed by atoms with Crippen LogP contribution >= 0.6 is 12.2 Å². The van der Waals surface area contributed by atoms with Crippen molar-refractivity contribution < 1.29 is 14.6 Å². The van der Waals surface area contributed by atoms with Gasteiger partial charge in [0.2, 0.25) is 0 Å². The second-order valence-electron chi connectivity index (χ2n) is 4.22. The molecule has 0 aliphatic carbocycles. The fraction of sp³-hybridized carbons (Fsp3) is 0.308. The minimum atomic E-state index is -0.476. The van der Waals surface area contributed by atoms with E-state index in [-0.39, 0.29) is 16.9 Å². The third-order valence-corrected chi connectivity index (χ3v) is 3.27. The average molecular weight is 294 g/mol. The third-order valence-electron chi connectivity index (χ3n) is 2.94. The Balaban J connectivity index is 2.61. The van der Waals surface area contributed by atoms with E-state index in [1.807, 2.05) is 0 Å². The number of H-pyrrole nitrogens is 1. The molecular formula is C13H14N2O4S. The molecule has 0 bridgehead atoms. The predicted molar refractivity (Wildman–Crippen MR) is 76.4 cm³/mol. The smallest absolute Gasteiger partial charge is 0.337 e. The van der Waals surface area contributed by atoms with Crippen LogP contribution in [0.3, 0.4) is 0 Å². The van der Waals surface area contributed by atoms with E-state index in [1.54, 1.807) is 6.07 Å². The number of nitrogens with zero attached hydrogens (tertiary/aromatic N) is 1. The summed E-state index contributed by atoms with van der Waals surface area (Å²) in [6, 6.07) is 4.63. The summed E-state index contributed by atoms with van der Waals surface area (Å²) in [4.78, 5) is 26.7. The molecule has 0 amide bonds. The maximum atomic E-state index is 12.3. The second-order valence-corrected chi connectivity index (χ2v) is 4.60. The molecule has 20 heavy (non-hydrogen) atoms. The number of carbonyl (C=O) groups is 1. The van der Waals surface area contributed by atoms with Crippen LogP contribution in [0.2, 0.25) is 0 Å². The van der Waals surface area contributed by atoms with E-state index >= 15 is 0 Å². The number of carbonyl (C=O) groups excluding carboxylic acids is 1. The van der Waals surface area contributed by atoms with Gasteiger partial charge in [-0.25, -0.2) is 4.79 Å². The van der Waals surface area contributed by atoms with Gasteiger partial charge in [-0.15, -0.1) is 0 Å². The number of benzene rings is 1. The normalized spacial score (nSPS) is 10.7. The number of nitrogens with one attached hydrogen (secondary N) is 1. The lowest BCUT2D eigenvalue weighted by Gasteiger charge is -2.08. The van der Waals surface area contributed by atoms with E-state index in [1.165, 1.54) is 23.8 Å². The van der Waals surface area contributed by atoms with Gasteiger partial charge in [-0.1, -0.05) is 0 Å². The van der Waals surface area contributed by atoms with E-state index in [9.17, 15) is 9.59 Å². The first-order valence-corrected chi connectivity index (χ1v) is 6.45. The predicted octanol–water partition coefficient (Wildman–Crippen LogP) is 1.23. The SMILES string of the molecule is COC(=O)c1ccc2c(=O)n(CCCO)c(=S)[nH]c2c1. The Kier molecular flexibility index (Phi) is 4.31. The Morgan fingerprint density at radius 3 is 2.90 bits per heavy atom. The topological polar surface area (TPSA) is 84.3 Å². The molecule has 2 N–H and O–H groups in total. The molecule has 7 heteroatoms. The van der Waals surface area contributed by atoms with Crippen molar-refractivity contribution in [1.29, 1.82) is 0 Å². The lowest BCUT2D eigenvalue weighted by atomic mass is 10.1. The fourth-order valence-electron chi connectivity index (χ4n) is 1.93. The zero-order valence-corrected chi connectivity index (χ0v) is 11.7. The van der Waals surface area contributed by atoms with Gasteiger partial charge in [-0.3, -0.25) is 9.36 Å². The van der Waals surface area contributed by atoms with E-state index in [4.69, 9.17) is 17.3 Å². The van der Waals surface area contributed by atoms with Gasteiger partial charge in [0.25, 0.3) is 5.56 Å². The molecule has 0 aliphatic heterocycles. The third kappa shape index (κ3) is 2.63. The molecule has 0 atom stereocenters. The summed E-state index contributed by atoms with van der Waals surface area (Å²) in [5, 5.41) is 9.27. The summed E-state index contributed by atoms with van der Waals surface area (Å²) in [5.41, 5.74) is 0.593. The summed E-state index contributed by atoms with van der Waals surface area (Å²) in [6.07, 6.45) is 0.448. The van der Waals surface area contributed by atoms with Crippen molar-refractivity contribution in [3.63, 3.8) is 0 Å². The van der Waals surface area contributed by atoms with Crippen molar-refractivity contribution in [2.75, 3.05) is 13.7 Å². The summed E-state index contributed by atoms with van der Waals surface area (Å²) in [6.45, 7) is 0.333. The summed E-state index contributed by atoms with van der Waals surface area (Å²) in [5.74, 6) is -0.476. The van der Waals surface area contributed by atoms with Crippen molar-refractivity contribution in [2.24, 2.45) is 0 Å². The molecule has 0 saturated carbocycles. The van der Waals surface area contributed by atoms with Crippen LogP contribution in [0.15, 0.2) is 23.0 Å². The van der Waals surface area contributed by atoms with Gasteiger partial charge < -0.3 is 14.8 Å². The summed E-state index contributed by atoms with van der Waals surface area (Å²) in [7, 11) is 1.29. The van der Waals surface area contributed by atoms with Crippen LogP contribution in [0.1, 0.15) is 16.8 Å². The molecule has 0 aliphatic rings. The maximum absolute atomic E-state index is 12.3. The maximum Gasteiger partial charge on any atom is 0.337 e. The van der Waals surface area contributed by atoms with Crippen LogP contribution in [-0.4, -0.2) is 34.3 Å². The number of aliphatic hydroxyl groups excluding tert-OH is 1. The Hall–Kier alpha value is -1.99. The first-order valence-electron chi connectivity index (χ1n) is 6.04. The number of fused-ring (bicyclic) bond motifs is 1. The van der Waals surface area contributed by atoms with Crippen molar-refractivity contribution in [1.82, 2.24) is 9.55 Å². The molecule has 1 aromatic carbocycles. The number of ether oxygens (including phenoxy) is 1. The highest BCUT2D eigenvalue weighted by molar-refractivity contribution is 7.71. The molecule has 0 radical (unpaired) electrons. The molecule has 2 rings (SSSR count). The molecule has 0 unspecified atom stereocenters. The molecule has 6 nitrogen and oxygen atoms in total. The number of aromatic amines is 1. The van der Waals surface area contributed by atoms with Crippen LogP contribution in [-0.2, 0) is 11.3 Å². The Morgan fingerprint density at radius 2 is 2.25 bits per heavy atom. The van der Waals surface area contributed by atoms with Gasteiger partial charge in [0.05, 0.1) is 23.6 Å². The highest BCUT2D eigenvalue weighted by Crippen LogP contribution is 2.11. The molecular weight excluding hydrogens is 280 g/mol. The van der Waals surface area contributed by atoms with E-state index in [0.29, 0.717) is 29.4 Å². The number of hydrogen-bond donors (Lipinski definition) is 2. The number of hydrogen-bond acceptors (Lipinski definition) is 5. The first kappa shape index (κ1) is 14.4. The highest BCUT2D eigenvalue weighted by Gasteiger charge is 2.10. The van der Waals surface area contributed by atoms with Crippen molar-refractivity contribution >= 4 is 29.1 Å². The van der Waals surface area contributed by atoms with Gasteiger partial charge in [0, 0.05) is 13.2 Å². The number of methoxy groups -OCH3 is 1. The van der Waals surface area contributed by atoms with Crippen LogP contribution < -0.4 is 5.56 Å². The van der Waals surface area contributed by atoms with Crippen LogP contribution in [0.4, 0.5) is 0 Å². The van der Waals surface area contributed by atoms with Gasteiger partial charge >= 0.3 is 5.97 Å². The fourth-order valence-corrected chi connectivity index (χ4v) is 2.22. The first-order chi connectivity index (χ1) is 9.58. The number of aromatic nitrogens is 2. The van der Waals surface area contributed by atoms with Crippen molar-refractivity contribution in [3.05, 3.63) is 38.9 Å². The van der Waals surface area contributed by atoms with E-state index in [0.717, 1.165) is 0 Å². The summed E-state index contributed by atoms with van der Waals surface area (Å²) >= 11 is 5.13. The minimum absolute atomic E-state index is 0.0134. The Morgan fingerprint density at radius 1 is 1.50 bits per heavy atom. The number of aliphatic hydroxyl groups is 1. The van der Waals surface area contributed by atoms with Crippen LogP contribution in [0, 0.1) is 4.77 Å². The number of rotatable bonds is 4. The molecule has 1 heterocycles. The monoisotopic (exact) mass is 294 g/mol. The Bertz CT molecular complexity index is 763. The second kappa shape index (κ2) is 5.98. The van der Waals surface area contributed by atoms with E-state index in [2.05, 4.69) is 9.72 Å². The molecule has 1 aromatic heterocycles. The van der Waals surface area contributed by atoms with Gasteiger partial charge in [0.15, 0.2) is 4.77 Å². The van der Waals surface area contributed by atoms with Crippen LogP contribution in [0.25, 0.3) is 10.9 Å². The van der Waals surface area contributed by atoms with Crippen LogP contribution in [0.5, 0.6) is 0 Å². The minimum Gasteiger partial charge on any atom is -0.465 e. The quantitative estimate of drug-likeness (QED) is 0.654. The molecule has 2 aromatic rings. The average Bonchev–Trinajstić information content (AvgIpc) is 2.45. The largest absolute Gasteiger partial charge is 0.465 e. The van der Waals surface area contributed by atoms with Crippen molar-refractivity contribution in [2.45, 2.75) is 13.0 Å². The van der Waals surface area contributed by atoms with Gasteiger partial charge in [-0.2, -0.15) is 0 Å².